The van der Waals surface area contributed by atoms with E-state index in [4.69, 9.17) is 0 Å². The fraction of sp³-hybridized carbons (Fsp3) is 0.556. The Balaban J connectivity index is 3.61. The number of nitrogens with one attached hydrogen (secondary N) is 2. The van der Waals surface area contributed by atoms with E-state index in [9.17, 15) is 0 Å². The van der Waals surface area contributed by atoms with Crippen molar-refractivity contribution in [3.8, 4) is 0 Å². The summed E-state index contributed by atoms with van der Waals surface area (Å²) in [6.07, 6.45) is 1.80. The molecule has 2 heteroatoms. The van der Waals surface area contributed by atoms with Gasteiger partial charge in [0.15, 0.2) is 0 Å². The summed E-state index contributed by atoms with van der Waals surface area (Å²) in [4.78, 5) is 0. The van der Waals surface area contributed by atoms with Crippen LogP contribution in [0.15, 0.2) is 25.1 Å². The highest BCUT2D eigenvalue weighted by atomic mass is 15.1. The third kappa shape index (κ3) is 6.97. The van der Waals surface area contributed by atoms with Gasteiger partial charge in [-0.2, -0.15) is 0 Å². The lowest BCUT2D eigenvalue weighted by atomic mass is 10.1. The standard InChI is InChI=1S/C9H18N2/c1-6-7-10-8(2)11-9(3,4)5/h6,10-11H,1-2,7H2,3-5H3. The van der Waals surface area contributed by atoms with Crippen LogP contribution >= 0.6 is 0 Å². The van der Waals surface area contributed by atoms with Crippen LogP contribution in [0.1, 0.15) is 20.8 Å². The SMILES string of the molecule is C=CCNC(=C)NC(C)(C)C. The summed E-state index contributed by atoms with van der Waals surface area (Å²) < 4.78 is 0. The van der Waals surface area contributed by atoms with Crippen molar-refractivity contribution in [1.82, 2.24) is 10.6 Å². The highest BCUT2D eigenvalue weighted by molar-refractivity contribution is 4.95. The molecule has 2 N–H and O–H groups in total. The minimum absolute atomic E-state index is 0.0747. The van der Waals surface area contributed by atoms with E-state index in [1.807, 2.05) is 0 Å². The maximum Gasteiger partial charge on any atom is 0.0918 e. The Labute approximate surface area is 69.4 Å². The fourth-order valence-corrected chi connectivity index (χ4v) is 0.692. The quantitative estimate of drug-likeness (QED) is 0.601. The third-order valence-electron chi connectivity index (χ3n) is 0.986. The molecule has 0 aliphatic rings. The molecule has 0 radical (unpaired) electrons. The molecule has 2 nitrogen and oxygen atoms in total. The summed E-state index contributed by atoms with van der Waals surface area (Å²) >= 11 is 0. The lowest BCUT2D eigenvalue weighted by molar-refractivity contribution is 0.457. The topological polar surface area (TPSA) is 24.1 Å². The van der Waals surface area contributed by atoms with Crippen molar-refractivity contribution in [1.29, 1.82) is 0 Å². The molecule has 0 aliphatic carbocycles. The molecule has 0 aromatic heterocycles. The van der Waals surface area contributed by atoms with Crippen LogP contribution in [0.5, 0.6) is 0 Å². The Kier molecular flexibility index (Phi) is 3.72. The van der Waals surface area contributed by atoms with E-state index in [1.165, 1.54) is 0 Å². The zero-order valence-corrected chi connectivity index (χ0v) is 7.70. The van der Waals surface area contributed by atoms with Crippen LogP contribution in [0.4, 0.5) is 0 Å². The molecule has 0 unspecified atom stereocenters. The van der Waals surface area contributed by atoms with Gasteiger partial charge in [-0.1, -0.05) is 12.7 Å². The highest BCUT2D eigenvalue weighted by Gasteiger charge is 2.08. The van der Waals surface area contributed by atoms with Gasteiger partial charge in [-0.15, -0.1) is 6.58 Å². The van der Waals surface area contributed by atoms with Crippen LogP contribution in [0.25, 0.3) is 0 Å². The second-order valence-corrected chi connectivity index (χ2v) is 3.52. The van der Waals surface area contributed by atoms with Crippen LogP contribution in [-0.2, 0) is 0 Å². The van der Waals surface area contributed by atoms with Crippen molar-refractivity contribution in [2.24, 2.45) is 0 Å². The van der Waals surface area contributed by atoms with E-state index in [1.54, 1.807) is 6.08 Å². The van der Waals surface area contributed by atoms with Gasteiger partial charge in [0.05, 0.1) is 5.82 Å². The minimum atomic E-state index is 0.0747. The molecule has 0 heterocycles. The smallest absolute Gasteiger partial charge is 0.0918 e. The van der Waals surface area contributed by atoms with Crippen molar-refractivity contribution in [2.75, 3.05) is 6.54 Å². The first kappa shape index (κ1) is 10.1. The van der Waals surface area contributed by atoms with Crippen molar-refractivity contribution in [3.63, 3.8) is 0 Å². The predicted molar refractivity (Wildman–Crippen MR) is 50.2 cm³/mol. The molecule has 0 rings (SSSR count). The number of rotatable bonds is 4. The molecule has 11 heavy (non-hydrogen) atoms. The maximum absolute atomic E-state index is 3.81. The largest absolute Gasteiger partial charge is 0.369 e. The molecule has 0 bridgehead atoms. The summed E-state index contributed by atoms with van der Waals surface area (Å²) in [5, 5.41) is 6.27. The Bertz CT molecular complexity index is 142. The zero-order valence-electron chi connectivity index (χ0n) is 7.70. The lowest BCUT2D eigenvalue weighted by Crippen LogP contribution is -2.39. The van der Waals surface area contributed by atoms with Gasteiger partial charge in [0.1, 0.15) is 0 Å². The Morgan fingerprint density at radius 1 is 1.45 bits per heavy atom. The first-order valence-corrected chi connectivity index (χ1v) is 3.77. The van der Waals surface area contributed by atoms with E-state index in [0.29, 0.717) is 0 Å². The molecular weight excluding hydrogens is 136 g/mol. The second-order valence-electron chi connectivity index (χ2n) is 3.52. The average Bonchev–Trinajstić information content (AvgIpc) is 1.79. The van der Waals surface area contributed by atoms with Crippen molar-refractivity contribution < 1.29 is 0 Å². The van der Waals surface area contributed by atoms with Crippen LogP contribution in [-0.4, -0.2) is 12.1 Å². The molecule has 0 atom stereocenters. The molecule has 0 aliphatic heterocycles. The van der Waals surface area contributed by atoms with E-state index in [-0.39, 0.29) is 5.54 Å². The van der Waals surface area contributed by atoms with Gasteiger partial charge < -0.3 is 10.6 Å². The van der Waals surface area contributed by atoms with E-state index >= 15 is 0 Å². The molecule has 0 spiro atoms. The van der Waals surface area contributed by atoms with Gasteiger partial charge in [-0.25, -0.2) is 0 Å². The first-order chi connectivity index (χ1) is 4.95. The molecule has 0 aromatic carbocycles. The molecule has 0 amide bonds. The summed E-state index contributed by atoms with van der Waals surface area (Å²) in [7, 11) is 0. The Morgan fingerprint density at radius 3 is 2.36 bits per heavy atom. The molecule has 64 valence electrons. The predicted octanol–water partition coefficient (Wildman–Crippen LogP) is 1.62. The summed E-state index contributed by atoms with van der Waals surface area (Å²) in [6.45, 7) is 14.4. The van der Waals surface area contributed by atoms with Crippen LogP contribution < -0.4 is 10.6 Å². The zero-order chi connectivity index (χ0) is 8.91. The fourth-order valence-electron chi connectivity index (χ4n) is 0.692. The van der Waals surface area contributed by atoms with Gasteiger partial charge in [-0.05, 0) is 20.8 Å². The summed E-state index contributed by atoms with van der Waals surface area (Å²) in [5.74, 6) is 0.845. The number of hydrogen-bond acceptors (Lipinski definition) is 2. The van der Waals surface area contributed by atoms with Crippen molar-refractivity contribution in [3.05, 3.63) is 25.1 Å². The van der Waals surface area contributed by atoms with Crippen molar-refractivity contribution in [2.45, 2.75) is 26.3 Å². The monoisotopic (exact) mass is 154 g/mol. The highest BCUT2D eigenvalue weighted by Crippen LogP contribution is 1.99. The van der Waals surface area contributed by atoms with E-state index in [2.05, 4.69) is 44.6 Å². The molecule has 0 saturated heterocycles. The van der Waals surface area contributed by atoms with Gasteiger partial charge in [0.2, 0.25) is 0 Å². The maximum atomic E-state index is 3.81. The Morgan fingerprint density at radius 2 is 2.00 bits per heavy atom. The van der Waals surface area contributed by atoms with Crippen LogP contribution in [0.3, 0.4) is 0 Å². The summed E-state index contributed by atoms with van der Waals surface area (Å²) in [5.41, 5.74) is 0.0747. The second kappa shape index (κ2) is 4.06. The van der Waals surface area contributed by atoms with Crippen LogP contribution in [0, 0.1) is 0 Å². The lowest BCUT2D eigenvalue weighted by Gasteiger charge is -2.23. The van der Waals surface area contributed by atoms with Crippen LogP contribution in [0.2, 0.25) is 0 Å². The van der Waals surface area contributed by atoms with Gasteiger partial charge >= 0.3 is 0 Å². The molecule has 0 saturated carbocycles. The minimum Gasteiger partial charge on any atom is -0.369 e. The van der Waals surface area contributed by atoms with E-state index in [0.717, 1.165) is 12.4 Å². The Hall–Kier alpha value is -0.920. The van der Waals surface area contributed by atoms with Gasteiger partial charge in [0, 0.05) is 12.1 Å². The van der Waals surface area contributed by atoms with Gasteiger partial charge in [0.25, 0.3) is 0 Å². The number of hydrogen-bond donors (Lipinski definition) is 2. The van der Waals surface area contributed by atoms with Gasteiger partial charge in [-0.3, -0.25) is 0 Å². The molecule has 0 fully saturated rings. The molecular formula is C9H18N2. The van der Waals surface area contributed by atoms with Crippen molar-refractivity contribution >= 4 is 0 Å². The van der Waals surface area contributed by atoms with E-state index < -0.39 is 0 Å². The third-order valence-corrected chi connectivity index (χ3v) is 0.986. The molecule has 0 aromatic rings. The first-order valence-electron chi connectivity index (χ1n) is 3.77. The average molecular weight is 154 g/mol. The normalized spacial score (nSPS) is 10.5. The summed E-state index contributed by atoms with van der Waals surface area (Å²) in [6, 6.07) is 0.